The number of nitrogens with zero attached hydrogens (tertiary/aromatic N) is 1. The first-order valence-electron chi connectivity index (χ1n) is 6.20. The van der Waals surface area contributed by atoms with Gasteiger partial charge in [0.05, 0.1) is 25.1 Å². The van der Waals surface area contributed by atoms with Crippen molar-refractivity contribution in [1.82, 2.24) is 0 Å². The minimum atomic E-state index is -1.51. The normalized spacial score (nSPS) is 10.1. The van der Waals surface area contributed by atoms with Crippen molar-refractivity contribution >= 4 is 11.7 Å². The third-order valence-electron chi connectivity index (χ3n) is 3.13. The van der Waals surface area contributed by atoms with Crippen LogP contribution in [0.4, 0.5) is 5.69 Å². The summed E-state index contributed by atoms with van der Waals surface area (Å²) in [6.45, 7) is 0. The highest BCUT2D eigenvalue weighted by Crippen LogP contribution is 2.36. The third-order valence-corrected chi connectivity index (χ3v) is 3.13. The second-order valence-corrected chi connectivity index (χ2v) is 4.34. The molecule has 0 spiro atoms. The fraction of sp³-hybridized carbons (Fsp3) is 0.133. The number of carbonyl (C=O) groups is 1. The van der Waals surface area contributed by atoms with Crippen molar-refractivity contribution in [3.05, 3.63) is 52.1 Å². The Labute approximate surface area is 125 Å². The average Bonchev–Trinajstić information content (AvgIpc) is 2.53. The molecule has 0 heterocycles. The van der Waals surface area contributed by atoms with Crippen LogP contribution in [-0.2, 0) is 0 Å². The monoisotopic (exact) mass is 302 g/mol. The molecule has 7 heteroatoms. The molecule has 0 aliphatic carbocycles. The van der Waals surface area contributed by atoms with E-state index in [0.717, 1.165) is 6.07 Å². The number of ether oxygens (including phenoxy) is 2. The Morgan fingerprint density at radius 1 is 1.05 bits per heavy atom. The van der Waals surface area contributed by atoms with Gasteiger partial charge in [0.25, 0.3) is 5.69 Å². The van der Waals surface area contributed by atoms with E-state index in [4.69, 9.17) is 9.47 Å². The Morgan fingerprint density at radius 3 is 2.32 bits per heavy atom. The maximum absolute atomic E-state index is 11.3. The van der Waals surface area contributed by atoms with Crippen LogP contribution in [0.1, 0.15) is 10.4 Å². The van der Waals surface area contributed by atoms with Crippen molar-refractivity contribution in [2.24, 2.45) is 0 Å². The number of methoxy groups -OCH3 is 2. The minimum absolute atomic E-state index is 0.251. The number of nitro benzene ring substituents is 1. The standard InChI is InChI=1S/C15H13NO6/c1-21-10-4-6-14(22-2)12(8-10)11-5-3-9(16(19)20)7-13(11)15(17)18/h3-8H,1-2H3,(H,17,18)/p-1. The molecular formula is C15H12NO6-. The zero-order valence-corrected chi connectivity index (χ0v) is 11.9. The first-order valence-corrected chi connectivity index (χ1v) is 6.20. The summed E-state index contributed by atoms with van der Waals surface area (Å²) in [4.78, 5) is 21.4. The lowest BCUT2D eigenvalue weighted by atomic mass is 9.98. The fourth-order valence-electron chi connectivity index (χ4n) is 2.07. The van der Waals surface area contributed by atoms with E-state index in [9.17, 15) is 20.0 Å². The first-order chi connectivity index (χ1) is 10.5. The number of hydrogen-bond donors (Lipinski definition) is 0. The van der Waals surface area contributed by atoms with Gasteiger partial charge in [-0.05, 0) is 29.8 Å². The van der Waals surface area contributed by atoms with Crippen LogP contribution in [0.3, 0.4) is 0 Å². The van der Waals surface area contributed by atoms with E-state index in [0.29, 0.717) is 17.1 Å². The summed E-state index contributed by atoms with van der Waals surface area (Å²) in [5.41, 5.74) is 0.0721. The van der Waals surface area contributed by atoms with Gasteiger partial charge in [-0.25, -0.2) is 0 Å². The number of hydrogen-bond acceptors (Lipinski definition) is 6. The predicted molar refractivity (Wildman–Crippen MR) is 76.0 cm³/mol. The Bertz CT molecular complexity index is 741. The van der Waals surface area contributed by atoms with Gasteiger partial charge in [0.15, 0.2) is 0 Å². The maximum atomic E-state index is 11.3. The van der Waals surface area contributed by atoms with Crippen LogP contribution >= 0.6 is 0 Å². The van der Waals surface area contributed by atoms with Gasteiger partial charge in [-0.15, -0.1) is 0 Å². The molecule has 7 nitrogen and oxygen atoms in total. The molecule has 0 saturated heterocycles. The molecule has 0 saturated carbocycles. The van der Waals surface area contributed by atoms with Crippen LogP contribution in [-0.4, -0.2) is 25.1 Å². The van der Waals surface area contributed by atoms with E-state index in [1.807, 2.05) is 0 Å². The molecule has 114 valence electrons. The summed E-state index contributed by atoms with van der Waals surface area (Å²) in [5.74, 6) is -0.598. The van der Waals surface area contributed by atoms with Gasteiger partial charge < -0.3 is 19.4 Å². The summed E-state index contributed by atoms with van der Waals surface area (Å²) in [6.07, 6.45) is 0. The van der Waals surface area contributed by atoms with E-state index < -0.39 is 10.9 Å². The molecule has 0 N–H and O–H groups in total. The average molecular weight is 302 g/mol. The Balaban J connectivity index is 2.71. The van der Waals surface area contributed by atoms with E-state index >= 15 is 0 Å². The van der Waals surface area contributed by atoms with E-state index in [1.54, 1.807) is 18.2 Å². The molecule has 0 radical (unpaired) electrons. The topological polar surface area (TPSA) is 102 Å². The van der Waals surface area contributed by atoms with Gasteiger partial charge in [0.1, 0.15) is 11.5 Å². The van der Waals surface area contributed by atoms with Crippen LogP contribution in [0.2, 0.25) is 0 Å². The second-order valence-electron chi connectivity index (χ2n) is 4.34. The number of carbonyl (C=O) groups excluding carboxylic acids is 1. The van der Waals surface area contributed by atoms with Gasteiger partial charge in [-0.1, -0.05) is 0 Å². The summed E-state index contributed by atoms with van der Waals surface area (Å²) in [7, 11) is 2.91. The molecule has 2 rings (SSSR count). The number of nitro groups is 1. The molecule has 0 unspecified atom stereocenters. The predicted octanol–water partition coefficient (Wildman–Crippen LogP) is 1.64. The maximum Gasteiger partial charge on any atom is 0.270 e. The van der Waals surface area contributed by atoms with E-state index in [2.05, 4.69) is 0 Å². The second kappa shape index (κ2) is 6.13. The minimum Gasteiger partial charge on any atom is -0.545 e. The molecule has 0 aliphatic heterocycles. The summed E-state index contributed by atoms with van der Waals surface area (Å²) in [5, 5.41) is 22.1. The highest BCUT2D eigenvalue weighted by Gasteiger charge is 2.16. The molecular weight excluding hydrogens is 290 g/mol. The lowest BCUT2D eigenvalue weighted by molar-refractivity contribution is -0.385. The lowest BCUT2D eigenvalue weighted by Crippen LogP contribution is -2.23. The summed E-state index contributed by atoms with van der Waals surface area (Å²) < 4.78 is 10.3. The number of carboxylic acid groups (broad SMARTS) is 1. The lowest BCUT2D eigenvalue weighted by Gasteiger charge is -2.14. The Hall–Kier alpha value is -3.09. The molecule has 2 aromatic carbocycles. The molecule has 0 atom stereocenters. The van der Waals surface area contributed by atoms with Crippen LogP contribution in [0.15, 0.2) is 36.4 Å². The van der Waals surface area contributed by atoms with Gasteiger partial charge in [-0.3, -0.25) is 10.1 Å². The Morgan fingerprint density at radius 2 is 1.77 bits per heavy atom. The van der Waals surface area contributed by atoms with Gasteiger partial charge in [-0.2, -0.15) is 0 Å². The van der Waals surface area contributed by atoms with Crippen LogP contribution < -0.4 is 14.6 Å². The summed E-state index contributed by atoms with van der Waals surface area (Å²) >= 11 is 0. The smallest absolute Gasteiger partial charge is 0.270 e. The highest BCUT2D eigenvalue weighted by molar-refractivity contribution is 5.96. The Kier molecular flexibility index (Phi) is 4.26. The number of non-ortho nitro benzene ring substituents is 1. The van der Waals surface area contributed by atoms with Crippen molar-refractivity contribution in [3.63, 3.8) is 0 Å². The van der Waals surface area contributed by atoms with Gasteiger partial charge in [0, 0.05) is 23.3 Å². The molecule has 22 heavy (non-hydrogen) atoms. The zero-order chi connectivity index (χ0) is 16.3. The number of rotatable bonds is 5. The molecule has 0 aliphatic rings. The van der Waals surface area contributed by atoms with Crippen LogP contribution in [0.25, 0.3) is 11.1 Å². The molecule has 0 bridgehead atoms. The van der Waals surface area contributed by atoms with Crippen molar-refractivity contribution < 1.29 is 24.3 Å². The van der Waals surface area contributed by atoms with Crippen LogP contribution in [0, 0.1) is 10.1 Å². The van der Waals surface area contributed by atoms with E-state index in [-0.39, 0.29) is 16.8 Å². The van der Waals surface area contributed by atoms with Crippen LogP contribution in [0.5, 0.6) is 11.5 Å². The quantitative estimate of drug-likeness (QED) is 0.614. The van der Waals surface area contributed by atoms with Gasteiger partial charge in [0.2, 0.25) is 0 Å². The van der Waals surface area contributed by atoms with E-state index in [1.165, 1.54) is 26.4 Å². The van der Waals surface area contributed by atoms with Crippen molar-refractivity contribution in [2.75, 3.05) is 14.2 Å². The molecule has 2 aromatic rings. The molecule has 0 amide bonds. The third kappa shape index (κ3) is 2.83. The first kappa shape index (κ1) is 15.3. The largest absolute Gasteiger partial charge is 0.545 e. The van der Waals surface area contributed by atoms with Crippen molar-refractivity contribution in [3.8, 4) is 22.6 Å². The highest BCUT2D eigenvalue weighted by atomic mass is 16.6. The van der Waals surface area contributed by atoms with Gasteiger partial charge >= 0.3 is 0 Å². The number of aromatic carboxylic acids is 1. The SMILES string of the molecule is COc1ccc(OC)c(-c2ccc([N+](=O)[O-])cc2C(=O)[O-])c1. The fourth-order valence-corrected chi connectivity index (χ4v) is 2.07. The molecule has 0 aromatic heterocycles. The summed E-state index contributed by atoms with van der Waals surface area (Å²) in [6, 6.07) is 8.40. The zero-order valence-electron chi connectivity index (χ0n) is 11.9. The molecule has 0 fully saturated rings. The van der Waals surface area contributed by atoms with Crippen molar-refractivity contribution in [2.45, 2.75) is 0 Å². The number of carboxylic acids is 1. The van der Waals surface area contributed by atoms with Crippen molar-refractivity contribution in [1.29, 1.82) is 0 Å². The number of benzene rings is 2.